The van der Waals surface area contributed by atoms with Gasteiger partial charge in [-0.2, -0.15) is 5.10 Å². The molecule has 1 aromatic carbocycles. The Kier molecular flexibility index (Phi) is 5.86. The van der Waals surface area contributed by atoms with E-state index in [1.807, 2.05) is 13.2 Å². The first-order valence-corrected chi connectivity index (χ1v) is 6.82. The van der Waals surface area contributed by atoms with Crippen molar-refractivity contribution in [2.24, 2.45) is 7.05 Å². The maximum absolute atomic E-state index is 13.3. The van der Waals surface area contributed by atoms with Crippen LogP contribution in [0.2, 0.25) is 0 Å². The third-order valence-corrected chi connectivity index (χ3v) is 2.99. The van der Waals surface area contributed by atoms with Crippen LogP contribution in [0.15, 0.2) is 36.7 Å². The highest BCUT2D eigenvalue weighted by Gasteiger charge is 2.06. The largest absolute Gasteiger partial charge is 0.389 e. The lowest BCUT2D eigenvalue weighted by Gasteiger charge is -2.12. The van der Waals surface area contributed by atoms with E-state index in [0.717, 1.165) is 5.56 Å². The predicted molar refractivity (Wildman–Crippen MR) is 77.0 cm³/mol. The molecule has 1 unspecified atom stereocenters. The molecule has 0 spiro atoms. The minimum absolute atomic E-state index is 0.159. The highest BCUT2D eigenvalue weighted by molar-refractivity contribution is 5.16. The number of aliphatic hydroxyl groups is 1. The van der Waals surface area contributed by atoms with Gasteiger partial charge in [-0.15, -0.1) is 0 Å². The molecule has 1 atom stereocenters. The van der Waals surface area contributed by atoms with Crippen molar-refractivity contribution in [3.63, 3.8) is 0 Å². The second-order valence-electron chi connectivity index (χ2n) is 4.91. The summed E-state index contributed by atoms with van der Waals surface area (Å²) in [6.07, 6.45) is 3.05. The van der Waals surface area contributed by atoms with Gasteiger partial charge >= 0.3 is 0 Å². The Morgan fingerprint density at radius 3 is 2.95 bits per heavy atom. The number of halogens is 1. The van der Waals surface area contributed by atoms with Crippen molar-refractivity contribution in [3.8, 4) is 0 Å². The van der Waals surface area contributed by atoms with E-state index in [2.05, 4.69) is 10.4 Å². The number of benzene rings is 1. The summed E-state index contributed by atoms with van der Waals surface area (Å²) >= 11 is 0. The molecule has 21 heavy (non-hydrogen) atoms. The highest BCUT2D eigenvalue weighted by Crippen LogP contribution is 2.07. The zero-order chi connectivity index (χ0) is 15.1. The summed E-state index contributed by atoms with van der Waals surface area (Å²) in [5.41, 5.74) is 1.55. The van der Waals surface area contributed by atoms with E-state index in [9.17, 15) is 9.50 Å². The second kappa shape index (κ2) is 7.87. The molecule has 1 heterocycles. The Morgan fingerprint density at radius 2 is 2.24 bits per heavy atom. The third kappa shape index (κ3) is 5.26. The lowest BCUT2D eigenvalue weighted by molar-refractivity contribution is 0.0277. The second-order valence-corrected chi connectivity index (χ2v) is 4.91. The molecular formula is C15H20FN3O2. The Balaban J connectivity index is 1.61. The smallest absolute Gasteiger partial charge is 0.128 e. The number of aryl methyl sites for hydroxylation is 1. The molecule has 0 fully saturated rings. The van der Waals surface area contributed by atoms with Gasteiger partial charge in [0.05, 0.1) is 25.5 Å². The van der Waals surface area contributed by atoms with Crippen LogP contribution in [0.25, 0.3) is 0 Å². The van der Waals surface area contributed by atoms with Crippen molar-refractivity contribution in [2.45, 2.75) is 19.3 Å². The number of rotatable bonds is 8. The maximum Gasteiger partial charge on any atom is 0.128 e. The van der Waals surface area contributed by atoms with Gasteiger partial charge in [0.15, 0.2) is 0 Å². The van der Waals surface area contributed by atoms with Crippen molar-refractivity contribution in [1.29, 1.82) is 0 Å². The molecule has 114 valence electrons. The summed E-state index contributed by atoms with van der Waals surface area (Å²) in [5, 5.41) is 17.0. The fourth-order valence-corrected chi connectivity index (χ4v) is 1.93. The summed E-state index contributed by atoms with van der Waals surface area (Å²) in [4.78, 5) is 0. The molecule has 2 N–H and O–H groups in total. The van der Waals surface area contributed by atoms with Gasteiger partial charge in [0.1, 0.15) is 5.82 Å². The molecule has 2 rings (SSSR count). The van der Waals surface area contributed by atoms with Crippen molar-refractivity contribution in [3.05, 3.63) is 53.6 Å². The van der Waals surface area contributed by atoms with Gasteiger partial charge in [-0.3, -0.25) is 4.68 Å². The number of nitrogens with zero attached hydrogens (tertiary/aromatic N) is 2. The Bertz CT molecular complexity index is 559. The Hall–Kier alpha value is -1.76. The lowest BCUT2D eigenvalue weighted by Crippen LogP contribution is -2.30. The molecule has 0 aliphatic carbocycles. The average molecular weight is 293 g/mol. The van der Waals surface area contributed by atoms with E-state index in [1.165, 1.54) is 6.07 Å². The first kappa shape index (κ1) is 15.6. The van der Waals surface area contributed by atoms with Gasteiger partial charge in [0.2, 0.25) is 0 Å². The van der Waals surface area contributed by atoms with Gasteiger partial charge in [-0.05, 0) is 6.07 Å². The van der Waals surface area contributed by atoms with Crippen LogP contribution < -0.4 is 5.32 Å². The number of hydrogen-bond donors (Lipinski definition) is 2. The monoisotopic (exact) mass is 293 g/mol. The van der Waals surface area contributed by atoms with E-state index in [-0.39, 0.29) is 19.0 Å². The number of ether oxygens (including phenoxy) is 1. The lowest BCUT2D eigenvalue weighted by atomic mass is 10.2. The van der Waals surface area contributed by atoms with Crippen LogP contribution in [0.5, 0.6) is 0 Å². The molecule has 5 nitrogen and oxygen atoms in total. The normalized spacial score (nSPS) is 12.5. The van der Waals surface area contributed by atoms with Crippen LogP contribution in [0, 0.1) is 5.82 Å². The fourth-order valence-electron chi connectivity index (χ4n) is 1.93. The zero-order valence-corrected chi connectivity index (χ0v) is 12.0. The van der Waals surface area contributed by atoms with Crippen molar-refractivity contribution >= 4 is 0 Å². The Morgan fingerprint density at radius 1 is 1.43 bits per heavy atom. The molecule has 0 saturated carbocycles. The van der Waals surface area contributed by atoms with E-state index in [0.29, 0.717) is 18.7 Å². The summed E-state index contributed by atoms with van der Waals surface area (Å²) < 4.78 is 20.4. The van der Waals surface area contributed by atoms with Gasteiger partial charge in [-0.1, -0.05) is 18.2 Å². The number of nitrogens with one attached hydrogen (secondary N) is 1. The molecule has 0 aliphatic rings. The van der Waals surface area contributed by atoms with Crippen LogP contribution >= 0.6 is 0 Å². The van der Waals surface area contributed by atoms with Crippen molar-refractivity contribution in [1.82, 2.24) is 15.1 Å². The van der Waals surface area contributed by atoms with Crippen LogP contribution in [0.4, 0.5) is 4.39 Å². The van der Waals surface area contributed by atoms with E-state index < -0.39 is 6.10 Å². The number of aliphatic hydroxyl groups excluding tert-OH is 1. The summed E-state index contributed by atoms with van der Waals surface area (Å²) in [5.74, 6) is -0.290. The molecule has 0 radical (unpaired) electrons. The molecular weight excluding hydrogens is 273 g/mol. The number of aromatic nitrogens is 2. The van der Waals surface area contributed by atoms with Crippen molar-refractivity contribution < 1.29 is 14.2 Å². The topological polar surface area (TPSA) is 59.3 Å². The fraction of sp³-hybridized carbons (Fsp3) is 0.400. The quantitative estimate of drug-likeness (QED) is 0.768. The molecule has 0 aliphatic heterocycles. The standard InChI is InChI=1S/C15H20FN3O2/c1-19-9-12(7-18-19)6-17-8-14(20)11-21-10-13-4-2-3-5-15(13)16/h2-5,7,9,14,17,20H,6,8,10-11H2,1H3. The average Bonchev–Trinajstić information content (AvgIpc) is 2.87. The van der Waals surface area contributed by atoms with Gasteiger partial charge in [-0.25, -0.2) is 4.39 Å². The van der Waals surface area contributed by atoms with E-state index in [1.54, 1.807) is 29.1 Å². The van der Waals surface area contributed by atoms with Crippen LogP contribution in [0.1, 0.15) is 11.1 Å². The van der Waals surface area contributed by atoms with Gasteiger partial charge < -0.3 is 15.2 Å². The molecule has 0 amide bonds. The maximum atomic E-state index is 13.3. The first-order chi connectivity index (χ1) is 10.1. The minimum atomic E-state index is -0.631. The Labute approximate surface area is 123 Å². The summed E-state index contributed by atoms with van der Waals surface area (Å²) in [6, 6.07) is 6.45. The van der Waals surface area contributed by atoms with Crippen LogP contribution in [0.3, 0.4) is 0 Å². The molecule has 2 aromatic rings. The molecule has 0 saturated heterocycles. The van der Waals surface area contributed by atoms with Crippen LogP contribution in [-0.2, 0) is 24.9 Å². The van der Waals surface area contributed by atoms with Crippen molar-refractivity contribution in [2.75, 3.05) is 13.2 Å². The molecule has 0 bridgehead atoms. The number of hydrogen-bond acceptors (Lipinski definition) is 4. The SMILES string of the molecule is Cn1cc(CNCC(O)COCc2ccccc2F)cn1. The molecule has 6 heteroatoms. The van der Waals surface area contributed by atoms with Gasteiger partial charge in [0, 0.05) is 37.5 Å². The molecule has 1 aromatic heterocycles. The van der Waals surface area contributed by atoms with E-state index >= 15 is 0 Å². The van der Waals surface area contributed by atoms with Crippen LogP contribution in [-0.4, -0.2) is 34.1 Å². The first-order valence-electron chi connectivity index (χ1n) is 6.82. The highest BCUT2D eigenvalue weighted by atomic mass is 19.1. The zero-order valence-electron chi connectivity index (χ0n) is 12.0. The van der Waals surface area contributed by atoms with E-state index in [4.69, 9.17) is 4.74 Å². The summed E-state index contributed by atoms with van der Waals surface area (Å²) in [7, 11) is 1.86. The third-order valence-electron chi connectivity index (χ3n) is 2.99. The minimum Gasteiger partial charge on any atom is -0.389 e. The summed E-state index contributed by atoms with van der Waals surface area (Å²) in [6.45, 7) is 1.37. The predicted octanol–water partition coefficient (Wildman–Crippen LogP) is 1.23. The van der Waals surface area contributed by atoms with Gasteiger partial charge in [0.25, 0.3) is 0 Å².